The van der Waals surface area contributed by atoms with Crippen LogP contribution in [0.1, 0.15) is 50.0 Å². The second kappa shape index (κ2) is 10.9. The van der Waals surface area contributed by atoms with Crippen LogP contribution in [0.3, 0.4) is 0 Å². The van der Waals surface area contributed by atoms with Crippen LogP contribution in [0.5, 0.6) is 5.75 Å². The predicted molar refractivity (Wildman–Crippen MR) is 130 cm³/mol. The smallest absolute Gasteiger partial charge is 0.307 e. The molecule has 0 spiro atoms. The lowest BCUT2D eigenvalue weighted by Gasteiger charge is -2.31. The molecule has 1 atom stereocenters. The molecule has 1 unspecified atom stereocenters. The van der Waals surface area contributed by atoms with Gasteiger partial charge in [-0.2, -0.15) is 0 Å². The van der Waals surface area contributed by atoms with E-state index in [4.69, 9.17) is 14.6 Å². The zero-order chi connectivity index (χ0) is 23.2. The first kappa shape index (κ1) is 23.3. The van der Waals surface area contributed by atoms with E-state index in [9.17, 15) is 4.79 Å². The highest BCUT2D eigenvalue weighted by Gasteiger charge is 2.24. The van der Waals surface area contributed by atoms with E-state index in [1.807, 2.05) is 31.2 Å². The maximum Gasteiger partial charge on any atom is 0.307 e. The Balaban J connectivity index is 1.32. The standard InChI is InChI=1S/C27H34N2O4/c1-3-32-20(2)29-19-25(24-9-4-5-10-26(24)29)22-11-13-28(14-12-22)15-16-33-23-8-6-7-21(17-23)18-27(30)31/h4-10,17,19-20,22H,3,11-16,18H2,1-2H3,(H,30,31). The summed E-state index contributed by atoms with van der Waals surface area (Å²) in [6.07, 6.45) is 4.61. The van der Waals surface area contributed by atoms with Gasteiger partial charge in [-0.3, -0.25) is 9.69 Å². The second-order valence-electron chi connectivity index (χ2n) is 8.75. The number of carboxylic acid groups (broad SMARTS) is 1. The van der Waals surface area contributed by atoms with Crippen molar-refractivity contribution in [3.63, 3.8) is 0 Å². The summed E-state index contributed by atoms with van der Waals surface area (Å²) in [4.78, 5) is 13.4. The monoisotopic (exact) mass is 450 g/mol. The average molecular weight is 451 g/mol. The van der Waals surface area contributed by atoms with Crippen LogP contribution in [-0.4, -0.2) is 53.4 Å². The topological polar surface area (TPSA) is 63.9 Å². The Labute approximate surface area is 195 Å². The molecule has 33 heavy (non-hydrogen) atoms. The summed E-state index contributed by atoms with van der Waals surface area (Å²) in [6, 6.07) is 16.0. The molecule has 1 aliphatic heterocycles. The number of carbonyl (C=O) groups is 1. The zero-order valence-electron chi connectivity index (χ0n) is 19.6. The molecule has 2 aromatic carbocycles. The normalized spacial score (nSPS) is 16.2. The van der Waals surface area contributed by atoms with Crippen molar-refractivity contribution in [1.82, 2.24) is 9.47 Å². The lowest BCUT2D eigenvalue weighted by molar-refractivity contribution is -0.136. The first-order valence-electron chi connectivity index (χ1n) is 11.9. The Morgan fingerprint density at radius 3 is 2.70 bits per heavy atom. The van der Waals surface area contributed by atoms with Gasteiger partial charge in [0.1, 0.15) is 18.6 Å². The molecule has 1 aromatic heterocycles. The van der Waals surface area contributed by atoms with Gasteiger partial charge in [0.05, 0.1) is 11.9 Å². The fraction of sp³-hybridized carbons (Fsp3) is 0.444. The lowest BCUT2D eigenvalue weighted by Crippen LogP contribution is -2.35. The minimum atomic E-state index is -0.828. The average Bonchev–Trinajstić information content (AvgIpc) is 3.19. The Hall–Kier alpha value is -2.83. The Morgan fingerprint density at radius 1 is 1.15 bits per heavy atom. The molecule has 6 heteroatoms. The second-order valence-corrected chi connectivity index (χ2v) is 8.75. The van der Waals surface area contributed by atoms with Gasteiger partial charge in [-0.15, -0.1) is 0 Å². The highest BCUT2D eigenvalue weighted by atomic mass is 16.5. The van der Waals surface area contributed by atoms with Crippen molar-refractivity contribution in [2.45, 2.75) is 45.3 Å². The van der Waals surface area contributed by atoms with Gasteiger partial charge in [0.25, 0.3) is 0 Å². The third-order valence-electron chi connectivity index (χ3n) is 6.53. The zero-order valence-corrected chi connectivity index (χ0v) is 19.6. The van der Waals surface area contributed by atoms with E-state index in [0.29, 0.717) is 19.1 Å². The largest absolute Gasteiger partial charge is 0.492 e. The van der Waals surface area contributed by atoms with Crippen LogP contribution in [-0.2, 0) is 16.0 Å². The molecule has 1 N–H and O–H groups in total. The third kappa shape index (κ3) is 5.75. The van der Waals surface area contributed by atoms with Gasteiger partial charge < -0.3 is 19.1 Å². The summed E-state index contributed by atoms with van der Waals surface area (Å²) in [6.45, 7) is 8.43. The molecule has 0 saturated carbocycles. The van der Waals surface area contributed by atoms with E-state index in [1.165, 1.54) is 16.5 Å². The molecule has 2 heterocycles. The van der Waals surface area contributed by atoms with Crippen LogP contribution in [0.4, 0.5) is 0 Å². The summed E-state index contributed by atoms with van der Waals surface area (Å²) < 4.78 is 14.0. The van der Waals surface area contributed by atoms with Crippen molar-refractivity contribution < 1.29 is 19.4 Å². The molecule has 0 bridgehead atoms. The number of aromatic nitrogens is 1. The van der Waals surface area contributed by atoms with Crippen molar-refractivity contribution in [1.29, 1.82) is 0 Å². The van der Waals surface area contributed by atoms with Gasteiger partial charge in [-0.25, -0.2) is 0 Å². The first-order valence-corrected chi connectivity index (χ1v) is 11.9. The van der Waals surface area contributed by atoms with Crippen molar-refractivity contribution in [2.75, 3.05) is 32.8 Å². The molecule has 6 nitrogen and oxygen atoms in total. The lowest BCUT2D eigenvalue weighted by atomic mass is 9.89. The number of fused-ring (bicyclic) bond motifs is 1. The van der Waals surface area contributed by atoms with E-state index >= 15 is 0 Å². The van der Waals surface area contributed by atoms with E-state index in [1.54, 1.807) is 0 Å². The minimum Gasteiger partial charge on any atom is -0.492 e. The molecule has 0 aliphatic carbocycles. The highest BCUT2D eigenvalue weighted by Crippen LogP contribution is 2.35. The number of piperidine rings is 1. The molecular weight excluding hydrogens is 416 g/mol. The number of likely N-dealkylation sites (tertiary alicyclic amines) is 1. The molecule has 1 fully saturated rings. The molecule has 0 amide bonds. The van der Waals surface area contributed by atoms with Crippen LogP contribution in [0, 0.1) is 0 Å². The SMILES string of the molecule is CCOC(C)n1cc(C2CCN(CCOc3cccc(CC(=O)O)c3)CC2)c2ccccc21. The number of rotatable bonds is 10. The van der Waals surface area contributed by atoms with Crippen LogP contribution in [0.2, 0.25) is 0 Å². The van der Waals surface area contributed by atoms with Crippen LogP contribution in [0.25, 0.3) is 10.9 Å². The molecular formula is C27H34N2O4. The van der Waals surface area contributed by atoms with Gasteiger partial charge in [0.15, 0.2) is 0 Å². The van der Waals surface area contributed by atoms with Gasteiger partial charge >= 0.3 is 5.97 Å². The number of ether oxygens (including phenoxy) is 2. The maximum absolute atomic E-state index is 10.9. The molecule has 176 valence electrons. The highest BCUT2D eigenvalue weighted by molar-refractivity contribution is 5.84. The van der Waals surface area contributed by atoms with Crippen molar-refractivity contribution in [2.24, 2.45) is 0 Å². The number of benzene rings is 2. The Bertz CT molecular complexity index is 1070. The third-order valence-corrected chi connectivity index (χ3v) is 6.53. The number of carboxylic acids is 1. The van der Waals surface area contributed by atoms with Crippen molar-refractivity contribution in [3.8, 4) is 5.75 Å². The number of nitrogens with zero attached hydrogens (tertiary/aromatic N) is 2. The summed E-state index contributed by atoms with van der Waals surface area (Å²) in [5, 5.41) is 10.3. The number of hydrogen-bond donors (Lipinski definition) is 1. The fourth-order valence-electron chi connectivity index (χ4n) is 4.86. The fourth-order valence-corrected chi connectivity index (χ4v) is 4.86. The quantitative estimate of drug-likeness (QED) is 0.467. The number of hydrogen-bond acceptors (Lipinski definition) is 4. The maximum atomic E-state index is 10.9. The Morgan fingerprint density at radius 2 is 1.94 bits per heavy atom. The Kier molecular flexibility index (Phi) is 7.68. The van der Waals surface area contributed by atoms with E-state index in [-0.39, 0.29) is 12.6 Å². The predicted octanol–water partition coefficient (Wildman–Crippen LogP) is 5.08. The van der Waals surface area contributed by atoms with Crippen LogP contribution < -0.4 is 4.74 Å². The van der Waals surface area contributed by atoms with Crippen LogP contribution >= 0.6 is 0 Å². The number of para-hydroxylation sites is 1. The first-order chi connectivity index (χ1) is 16.0. The van der Waals surface area contributed by atoms with E-state index in [2.05, 4.69) is 46.9 Å². The molecule has 3 aromatic rings. The van der Waals surface area contributed by atoms with Crippen molar-refractivity contribution >= 4 is 16.9 Å². The van der Waals surface area contributed by atoms with Gasteiger partial charge in [0, 0.05) is 24.7 Å². The van der Waals surface area contributed by atoms with E-state index in [0.717, 1.165) is 43.8 Å². The molecule has 4 rings (SSSR count). The van der Waals surface area contributed by atoms with E-state index < -0.39 is 5.97 Å². The van der Waals surface area contributed by atoms with Gasteiger partial charge in [0.2, 0.25) is 0 Å². The number of aliphatic carboxylic acids is 1. The summed E-state index contributed by atoms with van der Waals surface area (Å²) >= 11 is 0. The molecule has 0 radical (unpaired) electrons. The molecule has 1 saturated heterocycles. The summed E-state index contributed by atoms with van der Waals surface area (Å²) in [5.74, 6) is 0.459. The van der Waals surface area contributed by atoms with Crippen LogP contribution in [0.15, 0.2) is 54.7 Å². The molecule has 1 aliphatic rings. The van der Waals surface area contributed by atoms with Gasteiger partial charge in [-0.05, 0) is 75.0 Å². The summed E-state index contributed by atoms with van der Waals surface area (Å²) in [7, 11) is 0. The minimum absolute atomic E-state index is 0.0183. The summed E-state index contributed by atoms with van der Waals surface area (Å²) in [5.41, 5.74) is 3.44. The van der Waals surface area contributed by atoms with Crippen molar-refractivity contribution in [3.05, 3.63) is 65.9 Å². The van der Waals surface area contributed by atoms with Gasteiger partial charge in [-0.1, -0.05) is 30.3 Å².